The molecule has 1 aromatic carbocycles. The summed E-state index contributed by atoms with van der Waals surface area (Å²) in [7, 11) is 2.97. The molecule has 0 aromatic heterocycles. The molecule has 1 aromatic rings. The fourth-order valence-electron chi connectivity index (χ4n) is 1.85. The van der Waals surface area contributed by atoms with Crippen LogP contribution in [0.5, 0.6) is 11.5 Å². The van der Waals surface area contributed by atoms with Gasteiger partial charge in [0.1, 0.15) is 5.60 Å². The van der Waals surface area contributed by atoms with Crippen LogP contribution in [0.25, 0.3) is 0 Å². The van der Waals surface area contributed by atoms with Gasteiger partial charge in [-0.1, -0.05) is 0 Å². The van der Waals surface area contributed by atoms with Crippen molar-refractivity contribution in [2.75, 3.05) is 19.5 Å². The summed E-state index contributed by atoms with van der Waals surface area (Å²) in [6.45, 7) is 5.32. The minimum Gasteiger partial charge on any atom is -0.493 e. The van der Waals surface area contributed by atoms with Crippen molar-refractivity contribution in [3.05, 3.63) is 17.7 Å². The summed E-state index contributed by atoms with van der Waals surface area (Å²) in [5, 5.41) is 10.0. The van der Waals surface area contributed by atoms with E-state index in [2.05, 4.69) is 5.32 Å². The number of nitrogens with one attached hydrogen (secondary N) is 2. The van der Waals surface area contributed by atoms with E-state index in [1.54, 1.807) is 32.9 Å². The lowest BCUT2D eigenvalue weighted by molar-refractivity contribution is 0.0635. The smallest absolute Gasteiger partial charge is 0.412 e. The Hall–Kier alpha value is -2.44. The molecule has 122 valence electrons. The van der Waals surface area contributed by atoms with Gasteiger partial charge in [-0.3, -0.25) is 10.7 Å². The Morgan fingerprint density at radius 3 is 2.36 bits per heavy atom. The maximum atomic E-state index is 11.9. The Kier molecular flexibility index (Phi) is 5.62. The molecule has 0 atom stereocenters. The van der Waals surface area contributed by atoms with Crippen LogP contribution in [0.1, 0.15) is 26.3 Å². The molecule has 0 radical (unpaired) electrons. The largest absolute Gasteiger partial charge is 0.493 e. The SMILES string of the molecule is COc1cc(CC(=N)N)cc(NC(=O)OC(C)(C)C)c1OC. The van der Waals surface area contributed by atoms with Crippen LogP contribution in [0, 0.1) is 5.41 Å². The lowest BCUT2D eigenvalue weighted by Gasteiger charge is -2.21. The molecule has 0 bridgehead atoms. The summed E-state index contributed by atoms with van der Waals surface area (Å²) in [6, 6.07) is 3.38. The Balaban J connectivity index is 3.14. The topological polar surface area (TPSA) is 107 Å². The molecule has 22 heavy (non-hydrogen) atoms. The molecule has 0 heterocycles. The van der Waals surface area contributed by atoms with Crippen LogP contribution in [0.2, 0.25) is 0 Å². The number of amides is 1. The number of hydrogen-bond acceptors (Lipinski definition) is 5. The van der Waals surface area contributed by atoms with Crippen LogP contribution in [-0.4, -0.2) is 31.7 Å². The average Bonchev–Trinajstić information content (AvgIpc) is 2.34. The number of nitrogens with two attached hydrogens (primary N) is 1. The van der Waals surface area contributed by atoms with Gasteiger partial charge in [-0.25, -0.2) is 4.79 Å². The zero-order chi connectivity index (χ0) is 16.9. The highest BCUT2D eigenvalue weighted by atomic mass is 16.6. The lowest BCUT2D eigenvalue weighted by atomic mass is 10.1. The molecule has 1 rings (SSSR count). The molecule has 0 saturated heterocycles. The lowest BCUT2D eigenvalue weighted by Crippen LogP contribution is -2.27. The maximum absolute atomic E-state index is 11.9. The molecular formula is C15H23N3O4. The molecule has 0 aliphatic rings. The molecule has 0 aliphatic heterocycles. The van der Waals surface area contributed by atoms with E-state index in [1.165, 1.54) is 14.2 Å². The number of amidine groups is 1. The van der Waals surface area contributed by atoms with Gasteiger partial charge in [0, 0.05) is 6.42 Å². The number of carbonyl (C=O) groups is 1. The second-order valence-corrected chi connectivity index (χ2v) is 5.71. The van der Waals surface area contributed by atoms with Gasteiger partial charge in [0.05, 0.1) is 25.7 Å². The van der Waals surface area contributed by atoms with E-state index in [-0.39, 0.29) is 12.3 Å². The van der Waals surface area contributed by atoms with E-state index in [0.717, 1.165) is 5.56 Å². The normalized spacial score (nSPS) is 10.8. The quantitative estimate of drug-likeness (QED) is 0.572. The van der Waals surface area contributed by atoms with Gasteiger partial charge in [0.25, 0.3) is 0 Å². The summed E-state index contributed by atoms with van der Waals surface area (Å²) in [4.78, 5) is 11.9. The van der Waals surface area contributed by atoms with Crippen molar-refractivity contribution >= 4 is 17.6 Å². The van der Waals surface area contributed by atoms with Crippen molar-refractivity contribution < 1.29 is 19.0 Å². The highest BCUT2D eigenvalue weighted by molar-refractivity contribution is 5.89. The Labute approximate surface area is 130 Å². The zero-order valence-electron chi connectivity index (χ0n) is 13.6. The second-order valence-electron chi connectivity index (χ2n) is 5.71. The number of methoxy groups -OCH3 is 2. The molecule has 7 heteroatoms. The average molecular weight is 309 g/mol. The highest BCUT2D eigenvalue weighted by Gasteiger charge is 2.20. The van der Waals surface area contributed by atoms with Gasteiger partial charge < -0.3 is 19.9 Å². The van der Waals surface area contributed by atoms with Crippen molar-refractivity contribution in [3.63, 3.8) is 0 Å². The third kappa shape index (κ3) is 5.16. The minimum atomic E-state index is -0.613. The van der Waals surface area contributed by atoms with Crippen molar-refractivity contribution in [1.29, 1.82) is 5.41 Å². The summed E-state index contributed by atoms with van der Waals surface area (Å²) >= 11 is 0. The monoisotopic (exact) mass is 309 g/mol. The van der Waals surface area contributed by atoms with Crippen molar-refractivity contribution in [2.45, 2.75) is 32.8 Å². The molecule has 0 unspecified atom stereocenters. The Morgan fingerprint density at radius 1 is 1.27 bits per heavy atom. The summed E-state index contributed by atoms with van der Waals surface area (Å²) in [6.07, 6.45) is -0.364. The van der Waals surface area contributed by atoms with Crippen LogP contribution < -0.4 is 20.5 Å². The van der Waals surface area contributed by atoms with E-state index in [0.29, 0.717) is 17.2 Å². The summed E-state index contributed by atoms with van der Waals surface area (Å²) < 4.78 is 15.8. The highest BCUT2D eigenvalue weighted by Crippen LogP contribution is 2.37. The predicted octanol–water partition coefficient (Wildman–Crippen LogP) is 2.53. The van der Waals surface area contributed by atoms with Gasteiger partial charge in [0.2, 0.25) is 0 Å². The van der Waals surface area contributed by atoms with Crippen LogP contribution in [0.15, 0.2) is 12.1 Å². The Bertz CT molecular complexity index is 565. The van der Waals surface area contributed by atoms with Crippen molar-refractivity contribution in [3.8, 4) is 11.5 Å². The molecule has 0 spiro atoms. The maximum Gasteiger partial charge on any atom is 0.412 e. The molecule has 0 aliphatic carbocycles. The fourth-order valence-corrected chi connectivity index (χ4v) is 1.85. The summed E-state index contributed by atoms with van der Waals surface area (Å²) in [5.41, 5.74) is 5.92. The zero-order valence-corrected chi connectivity index (χ0v) is 13.6. The van der Waals surface area contributed by atoms with Gasteiger partial charge in [-0.05, 0) is 38.5 Å². The number of ether oxygens (including phenoxy) is 3. The van der Waals surface area contributed by atoms with Gasteiger partial charge >= 0.3 is 6.09 Å². The fraction of sp³-hybridized carbons (Fsp3) is 0.467. The van der Waals surface area contributed by atoms with Crippen molar-refractivity contribution in [2.24, 2.45) is 5.73 Å². The number of benzene rings is 1. The van der Waals surface area contributed by atoms with Crippen molar-refractivity contribution in [1.82, 2.24) is 0 Å². The minimum absolute atomic E-state index is 0.00966. The molecule has 0 fully saturated rings. The van der Waals surface area contributed by atoms with E-state index in [1.807, 2.05) is 0 Å². The molecule has 7 nitrogen and oxygen atoms in total. The first kappa shape index (κ1) is 17.6. The summed E-state index contributed by atoms with van der Waals surface area (Å²) in [5.74, 6) is 0.823. The number of anilines is 1. The van der Waals surface area contributed by atoms with Gasteiger partial charge in [-0.2, -0.15) is 0 Å². The predicted molar refractivity (Wildman–Crippen MR) is 85.0 cm³/mol. The first-order valence-electron chi connectivity index (χ1n) is 6.74. The molecule has 4 N–H and O–H groups in total. The van der Waals surface area contributed by atoms with Gasteiger partial charge in [0.15, 0.2) is 11.5 Å². The standard InChI is InChI=1S/C15H23N3O4/c1-15(2,3)22-14(19)18-10-6-9(8-12(16)17)7-11(20-4)13(10)21-5/h6-7H,8H2,1-5H3,(H3,16,17)(H,18,19). The third-order valence-corrected chi connectivity index (χ3v) is 2.57. The molecular weight excluding hydrogens is 286 g/mol. The first-order chi connectivity index (χ1) is 10.2. The van der Waals surface area contributed by atoms with Crippen LogP contribution in [0.3, 0.4) is 0 Å². The van der Waals surface area contributed by atoms with Crippen LogP contribution in [0.4, 0.5) is 10.5 Å². The number of rotatable bonds is 5. The van der Waals surface area contributed by atoms with E-state index < -0.39 is 11.7 Å². The molecule has 1 amide bonds. The number of hydrogen-bond donors (Lipinski definition) is 3. The van der Waals surface area contributed by atoms with E-state index >= 15 is 0 Å². The first-order valence-corrected chi connectivity index (χ1v) is 6.74. The third-order valence-electron chi connectivity index (χ3n) is 2.57. The van der Waals surface area contributed by atoms with Crippen LogP contribution in [-0.2, 0) is 11.2 Å². The van der Waals surface area contributed by atoms with Gasteiger partial charge in [-0.15, -0.1) is 0 Å². The van der Waals surface area contributed by atoms with E-state index in [4.69, 9.17) is 25.4 Å². The Morgan fingerprint density at radius 2 is 1.91 bits per heavy atom. The molecule has 0 saturated carbocycles. The number of carbonyl (C=O) groups excluding carboxylic acids is 1. The second kappa shape index (κ2) is 7.02. The van der Waals surface area contributed by atoms with E-state index in [9.17, 15) is 4.79 Å². The van der Waals surface area contributed by atoms with Crippen LogP contribution >= 0.6 is 0 Å².